The summed E-state index contributed by atoms with van der Waals surface area (Å²) in [5, 5.41) is 0. The van der Waals surface area contributed by atoms with Crippen molar-refractivity contribution in [1.29, 1.82) is 0 Å². The van der Waals surface area contributed by atoms with Crippen molar-refractivity contribution in [3.05, 3.63) is 0 Å². The fourth-order valence-corrected chi connectivity index (χ4v) is 4.16. The van der Waals surface area contributed by atoms with Crippen LogP contribution in [0, 0.1) is 5.92 Å². The van der Waals surface area contributed by atoms with E-state index in [1.165, 1.54) is 19.3 Å². The van der Waals surface area contributed by atoms with Crippen LogP contribution in [0.2, 0.25) is 0 Å². The molecule has 2 saturated carbocycles. The maximum absolute atomic E-state index is 12.6. The average Bonchev–Trinajstić information content (AvgIpc) is 2.81. The van der Waals surface area contributed by atoms with E-state index in [-0.39, 0.29) is 17.1 Å². The zero-order chi connectivity index (χ0) is 13.3. The lowest BCUT2D eigenvalue weighted by atomic mass is 9.72. The van der Waals surface area contributed by atoms with E-state index >= 15 is 0 Å². The van der Waals surface area contributed by atoms with Crippen LogP contribution in [0.3, 0.4) is 0 Å². The average molecular weight is 266 g/mol. The molecule has 1 spiro atoms. The summed E-state index contributed by atoms with van der Waals surface area (Å²) >= 11 is 0. The van der Waals surface area contributed by atoms with Gasteiger partial charge in [-0.1, -0.05) is 12.8 Å². The first kappa shape index (κ1) is 13.6. The molecule has 0 N–H and O–H groups in total. The number of rotatable bonds is 4. The topological polar surface area (TPSA) is 35.5 Å². The second kappa shape index (κ2) is 5.17. The predicted octanol–water partition coefficient (Wildman–Crippen LogP) is 3.25. The van der Waals surface area contributed by atoms with E-state index in [4.69, 9.17) is 9.47 Å². The normalized spacial score (nSPS) is 32.2. The number of Topliss-reactive ketones (excluding diaryl/α,β-unsaturated/α-hetero) is 1. The maximum atomic E-state index is 12.6. The Kier molecular flexibility index (Phi) is 3.69. The molecule has 3 aliphatic rings. The van der Waals surface area contributed by atoms with E-state index in [9.17, 15) is 4.79 Å². The third kappa shape index (κ3) is 2.59. The van der Waals surface area contributed by atoms with Crippen molar-refractivity contribution in [2.24, 2.45) is 5.92 Å². The molecule has 3 nitrogen and oxygen atoms in total. The third-order valence-corrected chi connectivity index (χ3v) is 5.66. The Morgan fingerprint density at radius 3 is 2.53 bits per heavy atom. The van der Waals surface area contributed by atoms with Crippen LogP contribution in [-0.4, -0.2) is 30.7 Å². The minimum Gasteiger partial charge on any atom is -0.378 e. The van der Waals surface area contributed by atoms with Gasteiger partial charge in [-0.2, -0.15) is 0 Å². The van der Waals surface area contributed by atoms with Crippen LogP contribution in [0.1, 0.15) is 64.2 Å². The van der Waals surface area contributed by atoms with Crippen molar-refractivity contribution in [3.63, 3.8) is 0 Å². The van der Waals surface area contributed by atoms with E-state index in [0.29, 0.717) is 12.2 Å². The first-order chi connectivity index (χ1) is 9.17. The Hall–Kier alpha value is -0.410. The lowest BCUT2D eigenvalue weighted by Crippen LogP contribution is -2.45. The van der Waals surface area contributed by atoms with Gasteiger partial charge in [-0.3, -0.25) is 4.79 Å². The summed E-state index contributed by atoms with van der Waals surface area (Å²) in [4.78, 5) is 12.6. The summed E-state index contributed by atoms with van der Waals surface area (Å²) in [7, 11) is 1.76. The Morgan fingerprint density at radius 2 is 1.95 bits per heavy atom. The molecule has 0 aromatic heterocycles. The molecule has 0 radical (unpaired) electrons. The van der Waals surface area contributed by atoms with Gasteiger partial charge >= 0.3 is 0 Å². The van der Waals surface area contributed by atoms with Gasteiger partial charge in [0.2, 0.25) is 0 Å². The predicted molar refractivity (Wildman–Crippen MR) is 73.1 cm³/mol. The Bertz CT molecular complexity index is 334. The van der Waals surface area contributed by atoms with Crippen molar-refractivity contribution in [1.82, 2.24) is 0 Å². The summed E-state index contributed by atoms with van der Waals surface area (Å²) in [6.45, 7) is 0.774. The van der Waals surface area contributed by atoms with Crippen LogP contribution in [-0.2, 0) is 14.3 Å². The van der Waals surface area contributed by atoms with E-state index in [0.717, 1.165) is 45.1 Å². The van der Waals surface area contributed by atoms with Gasteiger partial charge < -0.3 is 9.47 Å². The molecular formula is C16H26O3. The van der Waals surface area contributed by atoms with Crippen molar-refractivity contribution >= 4 is 5.78 Å². The monoisotopic (exact) mass is 266 g/mol. The van der Waals surface area contributed by atoms with Gasteiger partial charge in [-0.25, -0.2) is 0 Å². The molecule has 1 heterocycles. The SMILES string of the molecule is COC1(CC(=O)C2CCOC3(CCCC3)C2)CCC1. The lowest BCUT2D eigenvalue weighted by Gasteiger charge is -2.42. The maximum Gasteiger partial charge on any atom is 0.139 e. The zero-order valence-corrected chi connectivity index (χ0v) is 12.1. The Labute approximate surface area is 116 Å². The molecule has 1 atom stereocenters. The number of carbonyl (C=O) groups is 1. The first-order valence-corrected chi connectivity index (χ1v) is 7.89. The third-order valence-electron chi connectivity index (χ3n) is 5.66. The summed E-state index contributed by atoms with van der Waals surface area (Å²) in [5.74, 6) is 0.649. The van der Waals surface area contributed by atoms with E-state index in [1.54, 1.807) is 7.11 Å². The molecular weight excluding hydrogens is 240 g/mol. The summed E-state index contributed by atoms with van der Waals surface area (Å²) in [6, 6.07) is 0. The van der Waals surface area contributed by atoms with Crippen LogP contribution < -0.4 is 0 Å². The minimum absolute atomic E-state index is 0.0540. The zero-order valence-electron chi connectivity index (χ0n) is 12.1. The molecule has 3 rings (SSSR count). The standard InChI is InChI=1S/C16H26O3/c1-18-15(8-4-9-15)12-14(17)13-5-10-19-16(11-13)6-2-3-7-16/h13H,2-12H2,1H3. The second-order valence-corrected chi connectivity index (χ2v) is 6.81. The fraction of sp³-hybridized carbons (Fsp3) is 0.938. The molecule has 0 aromatic carbocycles. The molecule has 19 heavy (non-hydrogen) atoms. The molecule has 1 unspecified atom stereocenters. The summed E-state index contributed by atoms with van der Waals surface area (Å²) in [5.41, 5.74) is -0.0589. The van der Waals surface area contributed by atoms with Crippen molar-refractivity contribution < 1.29 is 14.3 Å². The van der Waals surface area contributed by atoms with Crippen LogP contribution in [0.25, 0.3) is 0 Å². The number of methoxy groups -OCH3 is 1. The van der Waals surface area contributed by atoms with E-state index < -0.39 is 0 Å². The smallest absolute Gasteiger partial charge is 0.139 e. The molecule has 3 fully saturated rings. The number of ether oxygens (including phenoxy) is 2. The molecule has 0 amide bonds. The molecule has 2 aliphatic carbocycles. The first-order valence-electron chi connectivity index (χ1n) is 7.89. The van der Waals surface area contributed by atoms with Crippen LogP contribution in [0.15, 0.2) is 0 Å². The highest BCUT2D eigenvalue weighted by Crippen LogP contribution is 2.44. The Morgan fingerprint density at radius 1 is 1.21 bits per heavy atom. The van der Waals surface area contributed by atoms with Gasteiger partial charge in [-0.05, 0) is 44.9 Å². The molecule has 1 saturated heterocycles. The van der Waals surface area contributed by atoms with Crippen LogP contribution in [0.4, 0.5) is 0 Å². The highest BCUT2D eigenvalue weighted by Gasteiger charge is 2.45. The van der Waals surface area contributed by atoms with Crippen molar-refractivity contribution in [2.45, 2.75) is 75.4 Å². The van der Waals surface area contributed by atoms with Crippen LogP contribution in [0.5, 0.6) is 0 Å². The quantitative estimate of drug-likeness (QED) is 0.783. The van der Waals surface area contributed by atoms with Gasteiger partial charge in [0.05, 0.1) is 11.2 Å². The molecule has 108 valence electrons. The van der Waals surface area contributed by atoms with E-state index in [2.05, 4.69) is 0 Å². The van der Waals surface area contributed by atoms with Gasteiger partial charge in [-0.15, -0.1) is 0 Å². The van der Waals surface area contributed by atoms with Crippen molar-refractivity contribution in [2.75, 3.05) is 13.7 Å². The fourth-order valence-electron chi connectivity index (χ4n) is 4.16. The number of hydrogen-bond acceptors (Lipinski definition) is 3. The number of ketones is 1. The summed E-state index contributed by atoms with van der Waals surface area (Å²) in [6.07, 6.45) is 10.7. The summed E-state index contributed by atoms with van der Waals surface area (Å²) < 4.78 is 11.6. The van der Waals surface area contributed by atoms with Gasteiger partial charge in [0, 0.05) is 26.1 Å². The number of carbonyl (C=O) groups excluding carboxylic acids is 1. The Balaban J connectivity index is 1.60. The molecule has 0 aromatic rings. The largest absolute Gasteiger partial charge is 0.378 e. The lowest BCUT2D eigenvalue weighted by molar-refractivity contribution is -0.147. The molecule has 3 heteroatoms. The van der Waals surface area contributed by atoms with Gasteiger partial charge in [0.25, 0.3) is 0 Å². The van der Waals surface area contributed by atoms with Crippen LogP contribution >= 0.6 is 0 Å². The van der Waals surface area contributed by atoms with Gasteiger partial charge in [0.15, 0.2) is 0 Å². The number of hydrogen-bond donors (Lipinski definition) is 0. The highest BCUT2D eigenvalue weighted by atomic mass is 16.5. The second-order valence-electron chi connectivity index (χ2n) is 6.81. The van der Waals surface area contributed by atoms with Crippen molar-refractivity contribution in [3.8, 4) is 0 Å². The molecule has 0 bridgehead atoms. The minimum atomic E-state index is -0.113. The highest BCUT2D eigenvalue weighted by molar-refractivity contribution is 5.82. The molecule has 1 aliphatic heterocycles. The van der Waals surface area contributed by atoms with Gasteiger partial charge in [0.1, 0.15) is 5.78 Å². The van der Waals surface area contributed by atoms with E-state index in [1.807, 2.05) is 0 Å².